The molecule has 17 heavy (non-hydrogen) atoms. The molecule has 0 saturated heterocycles. The molecule has 1 aromatic carbocycles. The van der Waals surface area contributed by atoms with Crippen molar-refractivity contribution in [3.8, 4) is 0 Å². The zero-order valence-corrected chi connectivity index (χ0v) is 11.5. The number of Topliss-reactive ketones (excluding diaryl/α,β-unsaturated/α-hetero) is 1. The third kappa shape index (κ3) is 2.88. The van der Waals surface area contributed by atoms with Crippen molar-refractivity contribution in [3.05, 3.63) is 59.7 Å². The normalized spacial score (nSPS) is 23.3. The molecule has 0 bridgehead atoms. The van der Waals surface area contributed by atoms with Gasteiger partial charge < -0.3 is 0 Å². The predicted octanol–water partition coefficient (Wildman–Crippen LogP) is 4.13. The maximum absolute atomic E-state index is 12.1. The summed E-state index contributed by atoms with van der Waals surface area (Å²) in [5.41, 5.74) is 1.45. The van der Waals surface area contributed by atoms with Crippen LogP contribution in [0.25, 0.3) is 0 Å². The van der Waals surface area contributed by atoms with Gasteiger partial charge in [0.25, 0.3) is 0 Å². The topological polar surface area (TPSA) is 17.1 Å². The summed E-state index contributed by atoms with van der Waals surface area (Å²) < 4.78 is -0.199. The molecular formula is C14H12BrClO. The van der Waals surface area contributed by atoms with Crippen LogP contribution in [0, 0.1) is 0 Å². The molecule has 0 aliphatic heterocycles. The van der Waals surface area contributed by atoms with Crippen LogP contribution < -0.4 is 0 Å². The Kier molecular flexibility index (Phi) is 3.85. The zero-order valence-electron chi connectivity index (χ0n) is 9.20. The summed E-state index contributed by atoms with van der Waals surface area (Å²) in [5.74, 6) is 0.554. The second-order valence-electron chi connectivity index (χ2n) is 4.06. The quantitative estimate of drug-likeness (QED) is 0.606. The van der Waals surface area contributed by atoms with Gasteiger partial charge in [-0.2, -0.15) is 0 Å². The molecule has 1 nitrogen and oxygen atoms in total. The Balaban J connectivity index is 2.17. The molecule has 1 unspecified atom stereocenters. The fourth-order valence-corrected chi connectivity index (χ4v) is 2.17. The SMILES string of the molecule is O=C(C1=CCC(Br)(CCl)C=C1)c1ccccc1. The molecule has 0 amide bonds. The van der Waals surface area contributed by atoms with Crippen molar-refractivity contribution in [3.63, 3.8) is 0 Å². The van der Waals surface area contributed by atoms with Gasteiger partial charge in [-0.15, -0.1) is 11.6 Å². The first-order valence-electron chi connectivity index (χ1n) is 5.39. The molecule has 88 valence electrons. The number of alkyl halides is 2. The number of ketones is 1. The summed E-state index contributed by atoms with van der Waals surface area (Å²) in [6.07, 6.45) is 6.47. The summed E-state index contributed by atoms with van der Waals surface area (Å²) >= 11 is 9.41. The van der Waals surface area contributed by atoms with Crippen molar-refractivity contribution in [2.75, 3.05) is 5.88 Å². The number of carbonyl (C=O) groups is 1. The summed E-state index contributed by atoms with van der Waals surface area (Å²) in [5, 5.41) is 0. The Bertz CT molecular complexity index is 478. The lowest BCUT2D eigenvalue weighted by atomic mass is 9.93. The lowest BCUT2D eigenvalue weighted by Gasteiger charge is -2.22. The van der Waals surface area contributed by atoms with Gasteiger partial charge >= 0.3 is 0 Å². The van der Waals surface area contributed by atoms with E-state index in [0.29, 0.717) is 5.88 Å². The van der Waals surface area contributed by atoms with Crippen molar-refractivity contribution in [1.29, 1.82) is 0 Å². The molecule has 2 rings (SSSR count). The molecule has 0 heterocycles. The van der Waals surface area contributed by atoms with Crippen LogP contribution in [0.4, 0.5) is 0 Å². The van der Waals surface area contributed by atoms with Crippen molar-refractivity contribution in [1.82, 2.24) is 0 Å². The van der Waals surface area contributed by atoms with Crippen molar-refractivity contribution < 1.29 is 4.79 Å². The number of rotatable bonds is 3. The summed E-state index contributed by atoms with van der Waals surface area (Å²) in [4.78, 5) is 12.1. The van der Waals surface area contributed by atoms with Gasteiger partial charge in [0.1, 0.15) is 0 Å². The fourth-order valence-electron chi connectivity index (χ4n) is 1.68. The van der Waals surface area contributed by atoms with E-state index in [4.69, 9.17) is 11.6 Å². The van der Waals surface area contributed by atoms with Crippen LogP contribution in [0.3, 0.4) is 0 Å². The molecular weight excluding hydrogens is 300 g/mol. The van der Waals surface area contributed by atoms with E-state index >= 15 is 0 Å². The smallest absolute Gasteiger partial charge is 0.192 e. The standard InChI is InChI=1S/C14H12BrClO/c15-14(10-16)8-6-12(7-9-14)13(17)11-4-2-1-3-5-11/h1-8H,9-10H2. The van der Waals surface area contributed by atoms with E-state index < -0.39 is 0 Å². The molecule has 1 aromatic rings. The second-order valence-corrected chi connectivity index (χ2v) is 5.91. The van der Waals surface area contributed by atoms with Crippen LogP contribution in [0.1, 0.15) is 16.8 Å². The molecule has 1 atom stereocenters. The Hall–Kier alpha value is -0.860. The van der Waals surface area contributed by atoms with Crippen molar-refractivity contribution >= 4 is 33.3 Å². The lowest BCUT2D eigenvalue weighted by molar-refractivity contribution is 0.103. The Morgan fingerprint density at radius 2 is 2.06 bits per heavy atom. The molecule has 0 fully saturated rings. The summed E-state index contributed by atoms with van der Waals surface area (Å²) in [6.45, 7) is 0. The van der Waals surface area contributed by atoms with Gasteiger partial charge in [-0.1, -0.05) is 64.5 Å². The van der Waals surface area contributed by atoms with Crippen LogP contribution in [-0.2, 0) is 0 Å². The van der Waals surface area contributed by atoms with Gasteiger partial charge in [-0.05, 0) is 6.42 Å². The minimum Gasteiger partial charge on any atom is -0.289 e. The van der Waals surface area contributed by atoms with Gasteiger partial charge in [0.05, 0.1) is 4.32 Å². The van der Waals surface area contributed by atoms with Gasteiger partial charge in [0.15, 0.2) is 5.78 Å². The molecule has 1 aliphatic carbocycles. The monoisotopic (exact) mass is 310 g/mol. The molecule has 1 aliphatic rings. The van der Waals surface area contributed by atoms with Gasteiger partial charge in [-0.25, -0.2) is 0 Å². The average molecular weight is 312 g/mol. The van der Waals surface area contributed by atoms with Crippen molar-refractivity contribution in [2.45, 2.75) is 10.7 Å². The van der Waals surface area contributed by atoms with Crippen LogP contribution in [0.15, 0.2) is 54.1 Å². The molecule has 0 saturated carbocycles. The minimum atomic E-state index is -0.199. The Morgan fingerprint density at radius 3 is 2.59 bits per heavy atom. The number of carbonyl (C=O) groups excluding carboxylic acids is 1. The van der Waals surface area contributed by atoms with Gasteiger partial charge in [0, 0.05) is 17.0 Å². The highest BCUT2D eigenvalue weighted by Gasteiger charge is 2.25. The first kappa shape index (κ1) is 12.6. The number of hydrogen-bond acceptors (Lipinski definition) is 1. The highest BCUT2D eigenvalue weighted by atomic mass is 79.9. The van der Waals surface area contributed by atoms with E-state index in [9.17, 15) is 4.79 Å². The highest BCUT2D eigenvalue weighted by molar-refractivity contribution is 9.10. The highest BCUT2D eigenvalue weighted by Crippen LogP contribution is 2.31. The predicted molar refractivity (Wildman–Crippen MR) is 75.0 cm³/mol. The first-order chi connectivity index (χ1) is 8.14. The van der Waals surface area contributed by atoms with E-state index in [1.54, 1.807) is 0 Å². The molecule has 3 heteroatoms. The maximum Gasteiger partial charge on any atom is 0.192 e. The summed E-state index contributed by atoms with van der Waals surface area (Å²) in [7, 11) is 0. The maximum atomic E-state index is 12.1. The van der Waals surface area contributed by atoms with E-state index in [2.05, 4.69) is 15.9 Å². The number of halogens is 2. The number of hydrogen-bond donors (Lipinski definition) is 0. The minimum absolute atomic E-state index is 0.0611. The van der Waals surface area contributed by atoms with Crippen LogP contribution in [-0.4, -0.2) is 16.0 Å². The largest absolute Gasteiger partial charge is 0.289 e. The van der Waals surface area contributed by atoms with Gasteiger partial charge in [-0.3, -0.25) is 4.79 Å². The lowest BCUT2D eigenvalue weighted by Crippen LogP contribution is -2.22. The molecule has 0 spiro atoms. The van der Waals surface area contributed by atoms with Gasteiger partial charge in [0.2, 0.25) is 0 Å². The average Bonchev–Trinajstić information content (AvgIpc) is 2.40. The van der Waals surface area contributed by atoms with E-state index in [1.165, 1.54) is 0 Å². The fraction of sp³-hybridized carbons (Fsp3) is 0.214. The first-order valence-corrected chi connectivity index (χ1v) is 6.71. The Morgan fingerprint density at radius 1 is 1.35 bits per heavy atom. The molecule has 0 radical (unpaired) electrons. The molecule has 0 aromatic heterocycles. The summed E-state index contributed by atoms with van der Waals surface area (Å²) in [6, 6.07) is 9.30. The number of benzene rings is 1. The third-order valence-corrected chi connectivity index (χ3v) is 4.41. The van der Waals surface area contributed by atoms with E-state index in [1.807, 2.05) is 48.6 Å². The third-order valence-electron chi connectivity index (χ3n) is 2.74. The van der Waals surface area contributed by atoms with Crippen LogP contribution >= 0.6 is 27.5 Å². The van der Waals surface area contributed by atoms with E-state index in [0.717, 1.165) is 17.6 Å². The number of allylic oxidation sites excluding steroid dienone is 4. The molecule has 0 N–H and O–H groups in total. The van der Waals surface area contributed by atoms with Crippen molar-refractivity contribution in [2.24, 2.45) is 0 Å². The Labute approximate surface area is 114 Å². The van der Waals surface area contributed by atoms with E-state index in [-0.39, 0.29) is 10.1 Å². The zero-order chi connectivity index (χ0) is 12.3. The van der Waals surface area contributed by atoms with Crippen LogP contribution in [0.5, 0.6) is 0 Å². The second kappa shape index (κ2) is 5.19. The van der Waals surface area contributed by atoms with Crippen LogP contribution in [0.2, 0.25) is 0 Å².